The Hall–Kier alpha value is -2.11. The molecule has 1 aromatic rings. The Morgan fingerprint density at radius 1 is 1.15 bits per heavy atom. The highest BCUT2D eigenvalue weighted by Gasteiger charge is 2.36. The van der Waals surface area contributed by atoms with Crippen molar-refractivity contribution in [3.05, 3.63) is 24.0 Å². The van der Waals surface area contributed by atoms with Crippen molar-refractivity contribution in [2.45, 2.75) is 77.0 Å². The number of likely N-dealkylation sites (tertiary alicyclic amines) is 1. The highest BCUT2D eigenvalue weighted by atomic mass is 16.6. The Kier molecular flexibility index (Phi) is 5.49. The first-order chi connectivity index (χ1) is 12.3. The summed E-state index contributed by atoms with van der Waals surface area (Å²) in [5.41, 5.74) is -0.130. The third-order valence-electron chi connectivity index (χ3n) is 4.83. The first-order valence-corrected chi connectivity index (χ1v) is 9.49. The van der Waals surface area contributed by atoms with Crippen molar-refractivity contribution in [1.29, 1.82) is 0 Å². The van der Waals surface area contributed by atoms with Gasteiger partial charge in [0.05, 0.1) is 17.7 Å². The summed E-state index contributed by atoms with van der Waals surface area (Å²) < 4.78 is 11.5. The number of nitrogens with zero attached hydrogens (tertiary/aromatic N) is 2. The molecule has 142 valence electrons. The molecule has 1 saturated heterocycles. The number of aromatic nitrogens is 1. The second-order valence-electron chi connectivity index (χ2n) is 8.09. The van der Waals surface area contributed by atoms with Crippen LogP contribution < -0.4 is 4.74 Å². The lowest BCUT2D eigenvalue weighted by Gasteiger charge is -2.36. The second-order valence-corrected chi connectivity index (χ2v) is 8.09. The van der Waals surface area contributed by atoms with E-state index in [2.05, 4.69) is 4.98 Å². The predicted octanol–water partition coefficient (Wildman–Crippen LogP) is 3.99. The summed E-state index contributed by atoms with van der Waals surface area (Å²) in [6.07, 6.45) is 8.56. The molecule has 26 heavy (non-hydrogen) atoms. The summed E-state index contributed by atoms with van der Waals surface area (Å²) in [5.74, 6) is 0.461. The van der Waals surface area contributed by atoms with E-state index in [9.17, 15) is 9.59 Å². The minimum atomic E-state index is -0.588. The number of amides is 1. The molecular weight excluding hydrogens is 332 g/mol. The number of carbonyl (C=O) groups is 2. The van der Waals surface area contributed by atoms with Crippen LogP contribution in [0.4, 0.5) is 4.79 Å². The van der Waals surface area contributed by atoms with E-state index in [0.717, 1.165) is 32.1 Å². The van der Waals surface area contributed by atoms with Gasteiger partial charge in [-0.1, -0.05) is 0 Å². The van der Waals surface area contributed by atoms with E-state index in [-0.39, 0.29) is 11.9 Å². The SMILES string of the molecule is CC(C)(C)OC(=O)N1CCCC[C@@H]1C(=O)c1cnccc1OC1CCC1. The number of ketones is 1. The quantitative estimate of drug-likeness (QED) is 0.760. The zero-order valence-corrected chi connectivity index (χ0v) is 15.9. The van der Waals surface area contributed by atoms with Crippen LogP contribution in [0, 0.1) is 0 Å². The van der Waals surface area contributed by atoms with Crippen LogP contribution in [0.15, 0.2) is 18.5 Å². The number of Topliss-reactive ketones (excluding diaryl/α,β-unsaturated/α-hetero) is 1. The van der Waals surface area contributed by atoms with E-state index in [1.807, 2.05) is 20.8 Å². The summed E-state index contributed by atoms with van der Waals surface area (Å²) in [6, 6.07) is 1.22. The molecule has 1 aliphatic carbocycles. The second kappa shape index (κ2) is 7.64. The number of hydrogen-bond donors (Lipinski definition) is 0. The summed E-state index contributed by atoms with van der Waals surface area (Å²) in [5, 5.41) is 0. The standard InChI is InChI=1S/C20H28N2O4/c1-20(2,3)26-19(24)22-12-5-4-9-16(22)18(23)15-13-21-11-10-17(15)25-14-7-6-8-14/h10-11,13-14,16H,4-9,12H2,1-3H3/t16-/m1/s1. The van der Waals surface area contributed by atoms with Gasteiger partial charge in [0.25, 0.3) is 0 Å². The summed E-state index contributed by atoms with van der Waals surface area (Å²) in [4.78, 5) is 31.5. The molecule has 1 atom stereocenters. The van der Waals surface area contributed by atoms with Crippen molar-refractivity contribution >= 4 is 11.9 Å². The monoisotopic (exact) mass is 360 g/mol. The molecule has 1 aliphatic heterocycles. The van der Waals surface area contributed by atoms with E-state index in [1.165, 1.54) is 0 Å². The average molecular weight is 360 g/mol. The number of carbonyl (C=O) groups excluding carboxylic acids is 2. The zero-order chi connectivity index (χ0) is 18.7. The fourth-order valence-electron chi connectivity index (χ4n) is 3.26. The van der Waals surface area contributed by atoms with Gasteiger partial charge in [-0.25, -0.2) is 4.79 Å². The molecule has 1 amide bonds. The molecule has 0 spiro atoms. The van der Waals surface area contributed by atoms with Crippen molar-refractivity contribution in [2.75, 3.05) is 6.54 Å². The first kappa shape index (κ1) is 18.7. The Labute approximate surface area is 154 Å². The molecule has 0 aromatic carbocycles. The topological polar surface area (TPSA) is 68.7 Å². The van der Waals surface area contributed by atoms with Gasteiger partial charge in [-0.15, -0.1) is 0 Å². The molecule has 0 unspecified atom stereocenters. The summed E-state index contributed by atoms with van der Waals surface area (Å²) in [6.45, 7) is 6.02. The van der Waals surface area contributed by atoms with E-state index < -0.39 is 17.7 Å². The van der Waals surface area contributed by atoms with E-state index in [1.54, 1.807) is 23.4 Å². The van der Waals surface area contributed by atoms with Crippen molar-refractivity contribution < 1.29 is 19.1 Å². The summed E-state index contributed by atoms with van der Waals surface area (Å²) >= 11 is 0. The number of ether oxygens (including phenoxy) is 2. The lowest BCUT2D eigenvalue weighted by atomic mass is 9.94. The largest absolute Gasteiger partial charge is 0.490 e. The van der Waals surface area contributed by atoms with Gasteiger partial charge in [-0.2, -0.15) is 0 Å². The Bertz CT molecular complexity index is 664. The van der Waals surface area contributed by atoms with Gasteiger partial charge >= 0.3 is 6.09 Å². The maximum absolute atomic E-state index is 13.2. The maximum Gasteiger partial charge on any atom is 0.410 e. The van der Waals surface area contributed by atoms with Crippen LogP contribution in [0.25, 0.3) is 0 Å². The van der Waals surface area contributed by atoms with Gasteiger partial charge in [0.15, 0.2) is 5.78 Å². The highest BCUT2D eigenvalue weighted by molar-refractivity contribution is 6.03. The van der Waals surface area contributed by atoms with Crippen LogP contribution in [-0.4, -0.2) is 46.1 Å². The molecule has 0 N–H and O–H groups in total. The van der Waals surface area contributed by atoms with Gasteiger partial charge in [-0.05, 0) is 65.4 Å². The fourth-order valence-corrected chi connectivity index (χ4v) is 3.26. The predicted molar refractivity (Wildman–Crippen MR) is 97.4 cm³/mol. The summed E-state index contributed by atoms with van der Waals surface area (Å²) in [7, 11) is 0. The molecule has 1 saturated carbocycles. The molecule has 6 nitrogen and oxygen atoms in total. The lowest BCUT2D eigenvalue weighted by Crippen LogP contribution is -2.49. The number of hydrogen-bond acceptors (Lipinski definition) is 5. The number of rotatable bonds is 4. The van der Waals surface area contributed by atoms with Crippen molar-refractivity contribution in [3.8, 4) is 5.75 Å². The van der Waals surface area contributed by atoms with Crippen LogP contribution in [0.5, 0.6) is 5.75 Å². The van der Waals surface area contributed by atoms with Gasteiger partial charge in [0.2, 0.25) is 0 Å². The molecule has 6 heteroatoms. The van der Waals surface area contributed by atoms with Gasteiger partial charge in [-0.3, -0.25) is 14.7 Å². The molecule has 0 bridgehead atoms. The molecule has 0 radical (unpaired) electrons. The Morgan fingerprint density at radius 3 is 2.58 bits per heavy atom. The molecule has 1 aromatic heterocycles. The first-order valence-electron chi connectivity index (χ1n) is 9.49. The third kappa shape index (κ3) is 4.34. The third-order valence-corrected chi connectivity index (χ3v) is 4.83. The fraction of sp³-hybridized carbons (Fsp3) is 0.650. The number of piperidine rings is 1. The van der Waals surface area contributed by atoms with Crippen LogP contribution in [0.3, 0.4) is 0 Å². The Morgan fingerprint density at radius 2 is 1.92 bits per heavy atom. The lowest BCUT2D eigenvalue weighted by molar-refractivity contribution is 0.0103. The van der Waals surface area contributed by atoms with Gasteiger partial charge in [0.1, 0.15) is 11.4 Å². The zero-order valence-electron chi connectivity index (χ0n) is 15.9. The van der Waals surface area contributed by atoms with Crippen molar-refractivity contribution in [2.24, 2.45) is 0 Å². The van der Waals surface area contributed by atoms with E-state index in [4.69, 9.17) is 9.47 Å². The minimum absolute atomic E-state index is 0.113. The average Bonchev–Trinajstić information content (AvgIpc) is 2.56. The normalized spacial score (nSPS) is 21.0. The van der Waals surface area contributed by atoms with Gasteiger partial charge < -0.3 is 9.47 Å². The molecular formula is C20H28N2O4. The van der Waals surface area contributed by atoms with Crippen molar-refractivity contribution in [1.82, 2.24) is 9.88 Å². The minimum Gasteiger partial charge on any atom is -0.490 e. The van der Waals surface area contributed by atoms with Crippen molar-refractivity contribution in [3.63, 3.8) is 0 Å². The van der Waals surface area contributed by atoms with Gasteiger partial charge in [0, 0.05) is 18.9 Å². The van der Waals surface area contributed by atoms with Crippen LogP contribution in [-0.2, 0) is 4.74 Å². The van der Waals surface area contributed by atoms with Crippen LogP contribution in [0.1, 0.15) is 69.7 Å². The highest BCUT2D eigenvalue weighted by Crippen LogP contribution is 2.30. The van der Waals surface area contributed by atoms with E-state index >= 15 is 0 Å². The van der Waals surface area contributed by atoms with Crippen LogP contribution in [0.2, 0.25) is 0 Å². The molecule has 2 heterocycles. The Balaban J connectivity index is 1.79. The molecule has 3 rings (SSSR count). The number of pyridine rings is 1. The molecule has 2 aliphatic rings. The van der Waals surface area contributed by atoms with Crippen LogP contribution >= 0.6 is 0 Å². The maximum atomic E-state index is 13.2. The van der Waals surface area contributed by atoms with E-state index in [0.29, 0.717) is 24.3 Å². The molecule has 2 fully saturated rings. The smallest absolute Gasteiger partial charge is 0.410 e.